The zero-order chi connectivity index (χ0) is 19.0. The number of nitrogens with zero attached hydrogens (tertiary/aromatic N) is 5. The Balaban J connectivity index is 1.59. The van der Waals surface area contributed by atoms with Crippen molar-refractivity contribution >= 4 is 5.91 Å². The Bertz CT molecular complexity index is 984. The third kappa shape index (κ3) is 3.20. The average Bonchev–Trinajstić information content (AvgIpc) is 3.40. The summed E-state index contributed by atoms with van der Waals surface area (Å²) in [6.07, 6.45) is 3.20. The van der Waals surface area contributed by atoms with E-state index in [-0.39, 0.29) is 23.2 Å². The minimum atomic E-state index is -0.771. The lowest BCUT2D eigenvalue weighted by Gasteiger charge is -2.20. The largest absolute Gasteiger partial charge is 0.337 e. The third-order valence-electron chi connectivity index (χ3n) is 4.60. The number of carbonyl (C=O) groups excluding carboxylic acids is 1. The van der Waals surface area contributed by atoms with Gasteiger partial charge in [-0.2, -0.15) is 10.1 Å². The van der Waals surface area contributed by atoms with Crippen LogP contribution in [0.4, 0.5) is 8.78 Å². The lowest BCUT2D eigenvalue weighted by Crippen LogP contribution is -2.31. The molecule has 0 N–H and O–H groups in total. The zero-order valence-corrected chi connectivity index (χ0v) is 14.6. The molecule has 1 aliphatic rings. The van der Waals surface area contributed by atoms with Gasteiger partial charge in [-0.25, -0.2) is 8.78 Å². The van der Waals surface area contributed by atoms with Crippen LogP contribution in [0.15, 0.2) is 35.0 Å². The SMILES string of the molecule is CCn1ccc(C(=O)N2CCCC2c2nc(-c3ccc(F)cc3F)no2)n1. The van der Waals surface area contributed by atoms with Crippen molar-refractivity contribution in [2.75, 3.05) is 6.54 Å². The molecule has 3 heterocycles. The van der Waals surface area contributed by atoms with Gasteiger partial charge in [0, 0.05) is 25.4 Å². The van der Waals surface area contributed by atoms with Crippen LogP contribution in [-0.4, -0.2) is 37.3 Å². The van der Waals surface area contributed by atoms with Crippen molar-refractivity contribution in [2.45, 2.75) is 32.4 Å². The summed E-state index contributed by atoms with van der Waals surface area (Å²) < 4.78 is 34.0. The van der Waals surface area contributed by atoms with Crippen LogP contribution in [0.5, 0.6) is 0 Å². The standard InChI is InChI=1S/C18H17F2N5O2/c1-2-24-9-7-14(22-24)18(26)25-8-3-4-15(25)17-21-16(23-27-17)12-6-5-11(19)10-13(12)20/h5-7,9-10,15H,2-4,8H2,1H3. The highest BCUT2D eigenvalue weighted by molar-refractivity contribution is 5.92. The molecular formula is C18H17F2N5O2. The van der Waals surface area contributed by atoms with Gasteiger partial charge in [0.05, 0.1) is 5.56 Å². The summed E-state index contributed by atoms with van der Waals surface area (Å²) in [5.41, 5.74) is 0.400. The normalized spacial score (nSPS) is 16.9. The van der Waals surface area contributed by atoms with Gasteiger partial charge in [-0.3, -0.25) is 9.48 Å². The van der Waals surface area contributed by atoms with Gasteiger partial charge in [-0.15, -0.1) is 0 Å². The molecule has 2 aromatic heterocycles. The molecule has 1 unspecified atom stereocenters. The molecule has 1 aromatic carbocycles. The van der Waals surface area contributed by atoms with Gasteiger partial charge in [0.1, 0.15) is 23.4 Å². The molecule has 1 amide bonds. The minimum Gasteiger partial charge on any atom is -0.337 e. The van der Waals surface area contributed by atoms with Crippen LogP contribution in [0.1, 0.15) is 42.2 Å². The average molecular weight is 373 g/mol. The number of aromatic nitrogens is 4. The van der Waals surface area contributed by atoms with Gasteiger partial charge in [0.15, 0.2) is 0 Å². The predicted molar refractivity (Wildman–Crippen MR) is 90.6 cm³/mol. The zero-order valence-electron chi connectivity index (χ0n) is 14.6. The van der Waals surface area contributed by atoms with Gasteiger partial charge in [0.25, 0.3) is 5.91 Å². The topological polar surface area (TPSA) is 77.0 Å². The van der Waals surface area contributed by atoms with Crippen LogP contribution in [0, 0.1) is 11.6 Å². The van der Waals surface area contributed by atoms with Crippen LogP contribution in [-0.2, 0) is 6.54 Å². The van der Waals surface area contributed by atoms with E-state index in [1.54, 1.807) is 21.8 Å². The van der Waals surface area contributed by atoms with Crippen LogP contribution in [0.25, 0.3) is 11.4 Å². The van der Waals surface area contributed by atoms with Crippen molar-refractivity contribution in [1.29, 1.82) is 0 Å². The molecule has 7 nitrogen and oxygen atoms in total. The van der Waals surface area contributed by atoms with Gasteiger partial charge < -0.3 is 9.42 Å². The number of amides is 1. The van der Waals surface area contributed by atoms with E-state index in [2.05, 4.69) is 15.2 Å². The van der Waals surface area contributed by atoms with Gasteiger partial charge in [0.2, 0.25) is 11.7 Å². The summed E-state index contributed by atoms with van der Waals surface area (Å²) in [4.78, 5) is 18.7. The summed E-state index contributed by atoms with van der Waals surface area (Å²) in [6, 6.07) is 4.43. The lowest BCUT2D eigenvalue weighted by atomic mass is 10.2. The molecule has 1 atom stereocenters. The summed E-state index contributed by atoms with van der Waals surface area (Å²) in [5.74, 6) is -1.41. The Morgan fingerprint density at radius 2 is 2.19 bits per heavy atom. The molecule has 1 aliphatic heterocycles. The van der Waals surface area contributed by atoms with Crippen LogP contribution >= 0.6 is 0 Å². The maximum Gasteiger partial charge on any atom is 0.275 e. The van der Waals surface area contributed by atoms with E-state index in [1.807, 2.05) is 6.92 Å². The second kappa shape index (κ2) is 6.90. The van der Waals surface area contributed by atoms with Crippen LogP contribution in [0.2, 0.25) is 0 Å². The maximum absolute atomic E-state index is 13.9. The fourth-order valence-corrected chi connectivity index (χ4v) is 3.22. The maximum atomic E-state index is 13.9. The molecule has 3 aromatic rings. The van der Waals surface area contributed by atoms with E-state index in [1.165, 1.54) is 6.07 Å². The van der Waals surface area contributed by atoms with Gasteiger partial charge in [-0.1, -0.05) is 5.16 Å². The third-order valence-corrected chi connectivity index (χ3v) is 4.60. The Labute approximate surface area is 153 Å². The molecule has 0 saturated carbocycles. The molecule has 0 spiro atoms. The second-order valence-electron chi connectivity index (χ2n) is 6.29. The molecule has 1 fully saturated rings. The molecule has 140 valence electrons. The molecule has 4 rings (SSSR count). The number of hydrogen-bond donors (Lipinski definition) is 0. The highest BCUT2D eigenvalue weighted by atomic mass is 19.1. The first kappa shape index (κ1) is 17.3. The molecule has 27 heavy (non-hydrogen) atoms. The van der Waals surface area contributed by atoms with E-state index in [9.17, 15) is 13.6 Å². The van der Waals surface area contributed by atoms with Crippen LogP contribution in [0.3, 0.4) is 0 Å². The molecule has 1 saturated heterocycles. The second-order valence-corrected chi connectivity index (χ2v) is 6.29. The smallest absolute Gasteiger partial charge is 0.275 e. The fourth-order valence-electron chi connectivity index (χ4n) is 3.22. The van der Waals surface area contributed by atoms with Crippen molar-refractivity contribution in [3.8, 4) is 11.4 Å². The van der Waals surface area contributed by atoms with Crippen molar-refractivity contribution in [1.82, 2.24) is 24.8 Å². The summed E-state index contributed by atoms with van der Waals surface area (Å²) in [7, 11) is 0. The fraction of sp³-hybridized carbons (Fsp3) is 0.333. The Morgan fingerprint density at radius 1 is 1.33 bits per heavy atom. The Hall–Kier alpha value is -3.10. The first-order chi connectivity index (χ1) is 13.1. The number of aryl methyl sites for hydroxylation is 1. The molecule has 0 aliphatic carbocycles. The molecular weight excluding hydrogens is 356 g/mol. The summed E-state index contributed by atoms with van der Waals surface area (Å²) in [5, 5.41) is 8.05. The number of benzene rings is 1. The highest BCUT2D eigenvalue weighted by Crippen LogP contribution is 2.33. The highest BCUT2D eigenvalue weighted by Gasteiger charge is 2.35. The molecule has 0 bridgehead atoms. The van der Waals surface area contributed by atoms with E-state index in [0.717, 1.165) is 18.6 Å². The van der Waals surface area contributed by atoms with Gasteiger partial charge >= 0.3 is 0 Å². The van der Waals surface area contributed by atoms with E-state index in [0.29, 0.717) is 25.2 Å². The van der Waals surface area contributed by atoms with Gasteiger partial charge in [-0.05, 0) is 38.0 Å². The number of likely N-dealkylation sites (tertiary alicyclic amines) is 1. The van der Waals surface area contributed by atoms with E-state index in [4.69, 9.17) is 4.52 Å². The van der Waals surface area contributed by atoms with E-state index >= 15 is 0 Å². The van der Waals surface area contributed by atoms with Crippen LogP contribution < -0.4 is 0 Å². The minimum absolute atomic E-state index is 0.0251. The monoisotopic (exact) mass is 373 g/mol. The summed E-state index contributed by atoms with van der Waals surface area (Å²) >= 11 is 0. The first-order valence-electron chi connectivity index (χ1n) is 8.70. The Kier molecular flexibility index (Phi) is 4.43. The number of halogens is 2. The summed E-state index contributed by atoms with van der Waals surface area (Å²) in [6.45, 7) is 3.16. The first-order valence-corrected chi connectivity index (χ1v) is 8.70. The molecule has 0 radical (unpaired) electrons. The van der Waals surface area contributed by atoms with Crippen molar-refractivity contribution < 1.29 is 18.1 Å². The number of hydrogen-bond acceptors (Lipinski definition) is 5. The predicted octanol–water partition coefficient (Wildman–Crippen LogP) is 3.21. The number of rotatable bonds is 4. The van der Waals surface area contributed by atoms with E-state index < -0.39 is 17.7 Å². The lowest BCUT2D eigenvalue weighted by molar-refractivity contribution is 0.0703. The Morgan fingerprint density at radius 3 is 2.93 bits per heavy atom. The number of carbonyl (C=O) groups is 1. The van der Waals surface area contributed by atoms with Crippen molar-refractivity contribution in [3.63, 3.8) is 0 Å². The van der Waals surface area contributed by atoms with Crippen molar-refractivity contribution in [2.24, 2.45) is 0 Å². The quantitative estimate of drug-likeness (QED) is 0.702. The molecule has 9 heteroatoms. The van der Waals surface area contributed by atoms with Crippen molar-refractivity contribution in [3.05, 3.63) is 53.7 Å².